The summed E-state index contributed by atoms with van der Waals surface area (Å²) in [5.41, 5.74) is 3.74. The summed E-state index contributed by atoms with van der Waals surface area (Å²) < 4.78 is 0. The first-order valence-electron chi connectivity index (χ1n) is 10.5. The number of nitrogens with zero attached hydrogens (tertiary/aromatic N) is 3. The molecule has 4 rings (SSSR count). The molecule has 0 bridgehead atoms. The zero-order chi connectivity index (χ0) is 19.7. The maximum atomic E-state index is 12.7. The smallest absolute Gasteiger partial charge is 0.228 e. The Morgan fingerprint density at radius 1 is 1.07 bits per heavy atom. The van der Waals surface area contributed by atoms with Gasteiger partial charge < -0.3 is 9.80 Å². The van der Waals surface area contributed by atoms with Gasteiger partial charge in [0.15, 0.2) is 0 Å². The van der Waals surface area contributed by atoms with Crippen LogP contribution < -0.4 is 4.90 Å². The topological polar surface area (TPSA) is 36.4 Å². The van der Waals surface area contributed by atoms with Crippen LogP contribution in [-0.4, -0.2) is 42.0 Å². The number of benzene rings is 1. The summed E-state index contributed by atoms with van der Waals surface area (Å²) in [5, 5.41) is 0. The molecule has 28 heavy (non-hydrogen) atoms. The minimum absolute atomic E-state index is 0.249. The quantitative estimate of drug-likeness (QED) is 0.773. The lowest BCUT2D eigenvalue weighted by molar-refractivity contribution is -0.139. The lowest BCUT2D eigenvalue weighted by Gasteiger charge is -2.41. The summed E-state index contributed by atoms with van der Waals surface area (Å²) in [4.78, 5) is 21.5. The number of likely N-dealkylation sites (tertiary alicyclic amines) is 1. The van der Waals surface area contributed by atoms with Crippen LogP contribution in [0.5, 0.6) is 0 Å². The van der Waals surface area contributed by atoms with Gasteiger partial charge in [-0.3, -0.25) is 9.78 Å². The fourth-order valence-corrected chi connectivity index (χ4v) is 4.27. The molecular weight excluding hydrogens is 346 g/mol. The first-order valence-corrected chi connectivity index (χ1v) is 10.5. The molecule has 0 radical (unpaired) electrons. The van der Waals surface area contributed by atoms with E-state index in [0.717, 1.165) is 39.0 Å². The molecule has 0 saturated carbocycles. The number of pyridine rings is 1. The van der Waals surface area contributed by atoms with Gasteiger partial charge in [0.1, 0.15) is 0 Å². The molecule has 0 spiro atoms. The van der Waals surface area contributed by atoms with Crippen molar-refractivity contribution >= 4 is 11.6 Å². The largest absolute Gasteiger partial charge is 0.370 e. The second-order valence-electron chi connectivity index (χ2n) is 8.95. The number of carbonyl (C=O) groups is 1. The molecule has 0 aliphatic carbocycles. The summed E-state index contributed by atoms with van der Waals surface area (Å²) in [6.45, 7) is 10.1. The van der Waals surface area contributed by atoms with Crippen molar-refractivity contribution in [1.82, 2.24) is 9.88 Å². The van der Waals surface area contributed by atoms with Gasteiger partial charge in [-0.2, -0.15) is 0 Å². The Morgan fingerprint density at radius 3 is 2.46 bits per heavy atom. The highest BCUT2D eigenvalue weighted by atomic mass is 16.2. The summed E-state index contributed by atoms with van der Waals surface area (Å²) in [7, 11) is 0. The Labute approximate surface area is 168 Å². The van der Waals surface area contributed by atoms with E-state index in [4.69, 9.17) is 0 Å². The third-order valence-corrected chi connectivity index (χ3v) is 6.71. The van der Waals surface area contributed by atoms with Crippen LogP contribution in [0, 0.1) is 5.41 Å². The van der Waals surface area contributed by atoms with Gasteiger partial charge in [-0.05, 0) is 42.2 Å². The average molecular weight is 378 g/mol. The first kappa shape index (κ1) is 19.0. The monoisotopic (exact) mass is 377 g/mol. The standard InChI is InChI=1S/C24H31N3O/c1-4-24(2,3)23(28)26-13-11-20(15-26)18-7-9-22(10-8-18)27-16-21(17-27)19-6-5-12-25-14-19/h5-10,12,14,20-21H,4,11,13,15-17H2,1-3H3. The van der Waals surface area contributed by atoms with Gasteiger partial charge in [-0.1, -0.05) is 39.0 Å². The summed E-state index contributed by atoms with van der Waals surface area (Å²) in [5.74, 6) is 1.35. The number of amides is 1. The number of rotatable bonds is 5. The van der Waals surface area contributed by atoms with Crippen LogP contribution in [0.25, 0.3) is 0 Å². The van der Waals surface area contributed by atoms with E-state index in [9.17, 15) is 4.79 Å². The Kier molecular flexibility index (Phi) is 5.13. The zero-order valence-electron chi connectivity index (χ0n) is 17.3. The van der Waals surface area contributed by atoms with Gasteiger partial charge in [-0.25, -0.2) is 0 Å². The third kappa shape index (κ3) is 3.65. The third-order valence-electron chi connectivity index (χ3n) is 6.71. The van der Waals surface area contributed by atoms with Gasteiger partial charge in [0.2, 0.25) is 5.91 Å². The molecule has 2 aromatic rings. The van der Waals surface area contributed by atoms with Crippen LogP contribution in [0.4, 0.5) is 5.69 Å². The van der Waals surface area contributed by atoms with Crippen molar-refractivity contribution in [1.29, 1.82) is 0 Å². The molecular formula is C24H31N3O. The summed E-state index contributed by atoms with van der Waals surface area (Å²) >= 11 is 0. The fraction of sp³-hybridized carbons (Fsp3) is 0.500. The molecule has 1 aromatic heterocycles. The SMILES string of the molecule is CCC(C)(C)C(=O)N1CCC(c2ccc(N3CC(c4cccnc4)C3)cc2)C1. The Morgan fingerprint density at radius 2 is 1.82 bits per heavy atom. The van der Waals surface area contributed by atoms with Gasteiger partial charge >= 0.3 is 0 Å². The normalized spacial score (nSPS) is 20.3. The number of hydrogen-bond donors (Lipinski definition) is 0. The van der Waals surface area contributed by atoms with E-state index < -0.39 is 0 Å². The van der Waals surface area contributed by atoms with Crippen molar-refractivity contribution in [3.8, 4) is 0 Å². The van der Waals surface area contributed by atoms with Crippen LogP contribution >= 0.6 is 0 Å². The van der Waals surface area contributed by atoms with E-state index in [1.54, 1.807) is 0 Å². The maximum Gasteiger partial charge on any atom is 0.228 e. The molecule has 2 saturated heterocycles. The molecule has 2 aliphatic rings. The van der Waals surface area contributed by atoms with Crippen LogP contribution in [-0.2, 0) is 4.79 Å². The molecule has 0 N–H and O–H groups in total. The Bertz CT molecular complexity index is 810. The second-order valence-corrected chi connectivity index (χ2v) is 8.95. The highest BCUT2D eigenvalue weighted by molar-refractivity contribution is 5.82. The van der Waals surface area contributed by atoms with Gasteiger partial charge in [0.05, 0.1) is 0 Å². The van der Waals surface area contributed by atoms with E-state index in [-0.39, 0.29) is 5.41 Å². The number of hydrogen-bond acceptors (Lipinski definition) is 3. The van der Waals surface area contributed by atoms with Gasteiger partial charge in [-0.15, -0.1) is 0 Å². The van der Waals surface area contributed by atoms with E-state index in [1.807, 2.05) is 18.5 Å². The van der Waals surface area contributed by atoms with Gasteiger partial charge in [0.25, 0.3) is 0 Å². The fourth-order valence-electron chi connectivity index (χ4n) is 4.27. The zero-order valence-corrected chi connectivity index (χ0v) is 17.3. The maximum absolute atomic E-state index is 12.7. The van der Waals surface area contributed by atoms with E-state index in [0.29, 0.717) is 17.7 Å². The number of carbonyl (C=O) groups excluding carboxylic acids is 1. The minimum atomic E-state index is -0.249. The highest BCUT2D eigenvalue weighted by Crippen LogP contribution is 2.35. The molecule has 148 valence electrons. The highest BCUT2D eigenvalue weighted by Gasteiger charge is 2.35. The van der Waals surface area contributed by atoms with Crippen molar-refractivity contribution in [2.24, 2.45) is 5.41 Å². The molecule has 1 amide bonds. The summed E-state index contributed by atoms with van der Waals surface area (Å²) in [6.07, 6.45) is 5.77. The molecule has 2 fully saturated rings. The predicted molar refractivity (Wildman–Crippen MR) is 114 cm³/mol. The molecule has 4 nitrogen and oxygen atoms in total. The molecule has 1 aromatic carbocycles. The first-order chi connectivity index (χ1) is 13.5. The van der Waals surface area contributed by atoms with Crippen molar-refractivity contribution in [3.63, 3.8) is 0 Å². The lowest BCUT2D eigenvalue weighted by Crippen LogP contribution is -2.45. The number of anilines is 1. The summed E-state index contributed by atoms with van der Waals surface area (Å²) in [6, 6.07) is 13.2. The van der Waals surface area contributed by atoms with Crippen molar-refractivity contribution in [2.45, 2.75) is 45.4 Å². The lowest BCUT2D eigenvalue weighted by atomic mass is 9.88. The van der Waals surface area contributed by atoms with Gasteiger partial charge in [0, 0.05) is 61.5 Å². The molecule has 4 heteroatoms. The second kappa shape index (κ2) is 7.57. The van der Waals surface area contributed by atoms with E-state index in [2.05, 4.69) is 65.9 Å². The Hall–Kier alpha value is -2.36. The molecule has 3 heterocycles. The average Bonchev–Trinajstić information content (AvgIpc) is 3.17. The van der Waals surface area contributed by atoms with Crippen molar-refractivity contribution in [3.05, 3.63) is 59.9 Å². The number of aromatic nitrogens is 1. The van der Waals surface area contributed by atoms with E-state index in [1.165, 1.54) is 16.8 Å². The predicted octanol–water partition coefficient (Wildman–Crippen LogP) is 4.44. The molecule has 1 unspecified atom stereocenters. The molecule has 2 aliphatic heterocycles. The molecule has 1 atom stereocenters. The van der Waals surface area contributed by atoms with Crippen LogP contribution in [0.15, 0.2) is 48.8 Å². The van der Waals surface area contributed by atoms with E-state index >= 15 is 0 Å². The van der Waals surface area contributed by atoms with Crippen molar-refractivity contribution in [2.75, 3.05) is 31.1 Å². The minimum Gasteiger partial charge on any atom is -0.370 e. The van der Waals surface area contributed by atoms with Crippen LogP contribution in [0.3, 0.4) is 0 Å². The van der Waals surface area contributed by atoms with Crippen LogP contribution in [0.1, 0.15) is 56.6 Å². The van der Waals surface area contributed by atoms with Crippen LogP contribution in [0.2, 0.25) is 0 Å². The Balaban J connectivity index is 1.34. The van der Waals surface area contributed by atoms with Crippen molar-refractivity contribution < 1.29 is 4.79 Å².